The van der Waals surface area contributed by atoms with Gasteiger partial charge >= 0.3 is 0 Å². The predicted octanol–water partition coefficient (Wildman–Crippen LogP) is 2.32. The van der Waals surface area contributed by atoms with Gasteiger partial charge in [0.05, 0.1) is 11.6 Å². The van der Waals surface area contributed by atoms with Crippen molar-refractivity contribution in [1.29, 1.82) is 0 Å². The largest absolute Gasteiger partial charge is 0.381 e. The zero-order chi connectivity index (χ0) is 14.4. The van der Waals surface area contributed by atoms with E-state index in [4.69, 9.17) is 16.3 Å². The number of hydrogen-bond acceptors (Lipinski definition) is 4. The maximum atomic E-state index is 12.1. The van der Waals surface area contributed by atoms with Gasteiger partial charge in [-0.05, 0) is 25.0 Å². The fourth-order valence-electron chi connectivity index (χ4n) is 2.02. The first-order chi connectivity index (χ1) is 9.70. The average molecular weight is 298 g/mol. The monoisotopic (exact) mass is 297 g/mol. The molecule has 5 nitrogen and oxygen atoms in total. The number of anilines is 1. The Labute approximate surface area is 124 Å². The fraction of sp³-hybridized carbons (Fsp3) is 0.571. The van der Waals surface area contributed by atoms with Gasteiger partial charge in [-0.2, -0.15) is 0 Å². The highest BCUT2D eigenvalue weighted by molar-refractivity contribution is 6.33. The molecule has 110 valence electrons. The van der Waals surface area contributed by atoms with Crippen LogP contribution >= 0.6 is 11.6 Å². The van der Waals surface area contributed by atoms with Gasteiger partial charge < -0.3 is 15.4 Å². The standard InChI is InChI=1S/C14H20ClN3O2/c1-2-6-16-12-4-3-11(15)13(18-12)14(19)17-8-10-5-7-20-9-10/h3-4,10H,2,5-9H2,1H3,(H,16,18)(H,17,19). The van der Waals surface area contributed by atoms with Crippen molar-refractivity contribution in [3.05, 3.63) is 22.8 Å². The van der Waals surface area contributed by atoms with Crippen molar-refractivity contribution in [3.8, 4) is 0 Å². The van der Waals surface area contributed by atoms with Gasteiger partial charge in [-0.3, -0.25) is 4.79 Å². The van der Waals surface area contributed by atoms with Crippen LogP contribution in [0.1, 0.15) is 30.3 Å². The van der Waals surface area contributed by atoms with E-state index in [1.807, 2.05) is 0 Å². The van der Waals surface area contributed by atoms with E-state index in [0.717, 1.165) is 26.0 Å². The lowest BCUT2D eigenvalue weighted by Gasteiger charge is -2.11. The summed E-state index contributed by atoms with van der Waals surface area (Å²) in [6.07, 6.45) is 1.98. The molecular weight excluding hydrogens is 278 g/mol. The van der Waals surface area contributed by atoms with Crippen LogP contribution in [0.25, 0.3) is 0 Å². The molecule has 0 spiro atoms. The number of hydrogen-bond donors (Lipinski definition) is 2. The highest BCUT2D eigenvalue weighted by Gasteiger charge is 2.18. The molecule has 6 heteroatoms. The number of aromatic nitrogens is 1. The van der Waals surface area contributed by atoms with Gasteiger partial charge in [0.1, 0.15) is 11.5 Å². The van der Waals surface area contributed by atoms with Crippen molar-refractivity contribution in [2.75, 3.05) is 31.6 Å². The number of ether oxygens (including phenoxy) is 1. The van der Waals surface area contributed by atoms with Crippen LogP contribution in [0.15, 0.2) is 12.1 Å². The van der Waals surface area contributed by atoms with Crippen LogP contribution in [0.5, 0.6) is 0 Å². The summed E-state index contributed by atoms with van der Waals surface area (Å²) in [6, 6.07) is 3.47. The van der Waals surface area contributed by atoms with Gasteiger partial charge in [0, 0.05) is 25.6 Å². The Hall–Kier alpha value is -1.33. The van der Waals surface area contributed by atoms with Crippen molar-refractivity contribution in [2.45, 2.75) is 19.8 Å². The van der Waals surface area contributed by atoms with Gasteiger partial charge in [-0.15, -0.1) is 0 Å². The van der Waals surface area contributed by atoms with Crippen LogP contribution in [-0.2, 0) is 4.74 Å². The molecule has 1 aliphatic rings. The number of carbonyl (C=O) groups excluding carboxylic acids is 1. The molecule has 20 heavy (non-hydrogen) atoms. The summed E-state index contributed by atoms with van der Waals surface area (Å²) in [4.78, 5) is 16.4. The minimum absolute atomic E-state index is 0.234. The number of amides is 1. The molecule has 1 atom stereocenters. The Morgan fingerprint density at radius 3 is 3.10 bits per heavy atom. The molecule has 1 fully saturated rings. The van der Waals surface area contributed by atoms with E-state index in [1.165, 1.54) is 0 Å². The third-order valence-corrected chi connectivity index (χ3v) is 3.50. The van der Waals surface area contributed by atoms with E-state index in [1.54, 1.807) is 12.1 Å². The molecule has 1 aromatic heterocycles. The Morgan fingerprint density at radius 1 is 1.55 bits per heavy atom. The van der Waals surface area contributed by atoms with Crippen LogP contribution in [0.3, 0.4) is 0 Å². The highest BCUT2D eigenvalue weighted by Crippen LogP contribution is 2.17. The third kappa shape index (κ3) is 4.08. The number of nitrogens with one attached hydrogen (secondary N) is 2. The van der Waals surface area contributed by atoms with Crippen molar-refractivity contribution in [1.82, 2.24) is 10.3 Å². The zero-order valence-corrected chi connectivity index (χ0v) is 12.4. The lowest BCUT2D eigenvalue weighted by molar-refractivity contribution is 0.0940. The number of carbonyl (C=O) groups is 1. The first-order valence-electron chi connectivity index (χ1n) is 6.97. The molecule has 1 saturated heterocycles. The van der Waals surface area contributed by atoms with Gasteiger partial charge in [-0.25, -0.2) is 4.98 Å². The molecule has 0 bridgehead atoms. The average Bonchev–Trinajstić information content (AvgIpc) is 2.97. The minimum atomic E-state index is -0.234. The molecule has 1 aliphatic heterocycles. The van der Waals surface area contributed by atoms with E-state index in [2.05, 4.69) is 22.5 Å². The number of rotatable bonds is 6. The van der Waals surface area contributed by atoms with Crippen molar-refractivity contribution in [2.24, 2.45) is 5.92 Å². The number of pyridine rings is 1. The number of nitrogens with zero attached hydrogens (tertiary/aromatic N) is 1. The van der Waals surface area contributed by atoms with Gasteiger partial charge in [0.15, 0.2) is 0 Å². The summed E-state index contributed by atoms with van der Waals surface area (Å²) in [7, 11) is 0. The van der Waals surface area contributed by atoms with Crippen molar-refractivity contribution in [3.63, 3.8) is 0 Å². The quantitative estimate of drug-likeness (QED) is 0.846. The molecule has 0 saturated carbocycles. The van der Waals surface area contributed by atoms with Crippen LogP contribution in [0.2, 0.25) is 5.02 Å². The topological polar surface area (TPSA) is 63.2 Å². The molecule has 1 amide bonds. The van der Waals surface area contributed by atoms with E-state index < -0.39 is 0 Å². The van der Waals surface area contributed by atoms with Gasteiger partial charge in [0.2, 0.25) is 0 Å². The molecule has 2 N–H and O–H groups in total. The normalized spacial score (nSPS) is 18.0. The number of halogens is 1. The van der Waals surface area contributed by atoms with E-state index >= 15 is 0 Å². The molecule has 0 radical (unpaired) electrons. The Morgan fingerprint density at radius 2 is 2.40 bits per heavy atom. The lowest BCUT2D eigenvalue weighted by Crippen LogP contribution is -2.30. The highest BCUT2D eigenvalue weighted by atomic mass is 35.5. The molecule has 2 heterocycles. The maximum Gasteiger partial charge on any atom is 0.271 e. The third-order valence-electron chi connectivity index (χ3n) is 3.19. The van der Waals surface area contributed by atoms with Crippen LogP contribution in [-0.4, -0.2) is 37.2 Å². The first kappa shape index (κ1) is 15.1. The predicted molar refractivity (Wildman–Crippen MR) is 79.3 cm³/mol. The van der Waals surface area contributed by atoms with E-state index in [0.29, 0.717) is 29.9 Å². The lowest BCUT2D eigenvalue weighted by atomic mass is 10.1. The fourth-order valence-corrected chi connectivity index (χ4v) is 2.21. The Bertz CT molecular complexity index is 462. The molecule has 2 rings (SSSR count). The second kappa shape index (κ2) is 7.45. The molecule has 0 aliphatic carbocycles. The minimum Gasteiger partial charge on any atom is -0.381 e. The Balaban J connectivity index is 1.96. The van der Waals surface area contributed by atoms with E-state index in [-0.39, 0.29) is 11.6 Å². The maximum absolute atomic E-state index is 12.1. The summed E-state index contributed by atoms with van der Waals surface area (Å²) < 4.78 is 5.28. The summed E-state index contributed by atoms with van der Waals surface area (Å²) in [5.74, 6) is 0.826. The summed E-state index contributed by atoms with van der Waals surface area (Å²) in [6.45, 7) is 4.97. The van der Waals surface area contributed by atoms with Gasteiger partial charge in [0.25, 0.3) is 5.91 Å². The van der Waals surface area contributed by atoms with Crippen LogP contribution in [0.4, 0.5) is 5.82 Å². The van der Waals surface area contributed by atoms with Gasteiger partial charge in [-0.1, -0.05) is 18.5 Å². The second-order valence-electron chi connectivity index (χ2n) is 4.89. The second-order valence-corrected chi connectivity index (χ2v) is 5.30. The van der Waals surface area contributed by atoms with E-state index in [9.17, 15) is 4.79 Å². The zero-order valence-electron chi connectivity index (χ0n) is 11.6. The molecule has 1 unspecified atom stereocenters. The van der Waals surface area contributed by atoms with Crippen LogP contribution in [0, 0.1) is 5.92 Å². The summed E-state index contributed by atoms with van der Waals surface area (Å²) >= 11 is 6.04. The molecular formula is C14H20ClN3O2. The van der Waals surface area contributed by atoms with Crippen LogP contribution < -0.4 is 10.6 Å². The molecule has 0 aromatic carbocycles. The summed E-state index contributed by atoms with van der Waals surface area (Å²) in [5.41, 5.74) is 0.270. The van der Waals surface area contributed by atoms with Crippen molar-refractivity contribution >= 4 is 23.3 Å². The van der Waals surface area contributed by atoms with Crippen molar-refractivity contribution < 1.29 is 9.53 Å². The molecule has 1 aromatic rings. The summed E-state index contributed by atoms with van der Waals surface area (Å²) in [5, 5.41) is 6.38. The first-order valence-corrected chi connectivity index (χ1v) is 7.35. The SMILES string of the molecule is CCCNc1ccc(Cl)c(C(=O)NCC2CCOC2)n1. The Kier molecular flexibility index (Phi) is 5.61. The smallest absolute Gasteiger partial charge is 0.271 e.